The van der Waals surface area contributed by atoms with Crippen LogP contribution < -0.4 is 0 Å². The molecule has 1 rings (SSSR count). The summed E-state index contributed by atoms with van der Waals surface area (Å²) in [6, 6.07) is 0. The molecule has 1 aromatic heterocycles. The molecule has 0 aliphatic carbocycles. The molecule has 0 aromatic carbocycles. The lowest BCUT2D eigenvalue weighted by molar-refractivity contribution is 0.0600. The van der Waals surface area contributed by atoms with Crippen LogP contribution >= 0.6 is 11.3 Å². The van der Waals surface area contributed by atoms with Gasteiger partial charge in [-0.2, -0.15) is 0 Å². The van der Waals surface area contributed by atoms with Crippen molar-refractivity contribution in [2.24, 2.45) is 0 Å². The van der Waals surface area contributed by atoms with Gasteiger partial charge in [0.15, 0.2) is 0 Å². The van der Waals surface area contributed by atoms with Crippen LogP contribution in [-0.2, 0) is 4.74 Å². The Morgan fingerprint density at radius 3 is 2.55 bits per heavy atom. The van der Waals surface area contributed by atoms with Crippen LogP contribution in [0.4, 0.5) is 0 Å². The molecule has 0 unspecified atom stereocenters. The summed E-state index contributed by atoms with van der Waals surface area (Å²) in [5.74, 6) is -0.355. The Kier molecular flexibility index (Phi) is 2.24. The van der Waals surface area contributed by atoms with Crippen molar-refractivity contribution in [2.75, 3.05) is 7.11 Å². The van der Waals surface area contributed by atoms with Gasteiger partial charge in [0, 0.05) is 4.88 Å². The third kappa shape index (κ3) is 1.57. The normalized spacial score (nSPS) is 9.73. The van der Waals surface area contributed by atoms with Crippen molar-refractivity contribution >= 4 is 17.3 Å². The van der Waals surface area contributed by atoms with Gasteiger partial charge in [-0.3, -0.25) is 0 Å². The van der Waals surface area contributed by atoms with Crippen molar-refractivity contribution in [1.29, 1.82) is 0 Å². The Morgan fingerprint density at radius 2 is 2.18 bits per heavy atom. The molecular formula is C7H9NO2S. The summed E-state index contributed by atoms with van der Waals surface area (Å²) in [7, 11) is 1.36. The van der Waals surface area contributed by atoms with Gasteiger partial charge in [-0.1, -0.05) is 0 Å². The molecule has 0 saturated heterocycles. The van der Waals surface area contributed by atoms with Gasteiger partial charge in [0.25, 0.3) is 0 Å². The first kappa shape index (κ1) is 8.20. The van der Waals surface area contributed by atoms with E-state index in [0.717, 1.165) is 10.6 Å². The van der Waals surface area contributed by atoms with E-state index in [2.05, 4.69) is 9.72 Å². The Labute approximate surface area is 69.0 Å². The molecule has 0 aliphatic heterocycles. The average Bonchev–Trinajstić information content (AvgIpc) is 2.31. The summed E-state index contributed by atoms with van der Waals surface area (Å²) in [4.78, 5) is 16.0. The number of methoxy groups -OCH3 is 1. The van der Waals surface area contributed by atoms with E-state index in [4.69, 9.17) is 0 Å². The van der Waals surface area contributed by atoms with Gasteiger partial charge in [-0.25, -0.2) is 9.78 Å². The molecule has 0 N–H and O–H groups in total. The van der Waals surface area contributed by atoms with Crippen LogP contribution in [0.1, 0.15) is 20.4 Å². The van der Waals surface area contributed by atoms with Gasteiger partial charge in [0.2, 0.25) is 5.01 Å². The SMILES string of the molecule is COC(=O)c1nc(C)c(C)s1. The van der Waals surface area contributed by atoms with E-state index < -0.39 is 0 Å². The van der Waals surface area contributed by atoms with E-state index in [9.17, 15) is 4.79 Å². The molecule has 11 heavy (non-hydrogen) atoms. The number of nitrogens with zero attached hydrogens (tertiary/aromatic N) is 1. The lowest BCUT2D eigenvalue weighted by Gasteiger charge is -1.89. The smallest absolute Gasteiger partial charge is 0.367 e. The molecule has 0 saturated carbocycles. The molecule has 4 heteroatoms. The number of hydrogen-bond donors (Lipinski definition) is 0. The number of carbonyl (C=O) groups excluding carboxylic acids is 1. The summed E-state index contributed by atoms with van der Waals surface area (Å²) in [5, 5.41) is 0.433. The third-order valence-corrected chi connectivity index (χ3v) is 2.44. The van der Waals surface area contributed by atoms with Crippen molar-refractivity contribution in [3.05, 3.63) is 15.6 Å². The summed E-state index contributed by atoms with van der Waals surface area (Å²) in [5.41, 5.74) is 0.899. The van der Waals surface area contributed by atoms with Gasteiger partial charge < -0.3 is 4.74 Å². The second-order valence-electron chi connectivity index (χ2n) is 2.15. The van der Waals surface area contributed by atoms with Crippen molar-refractivity contribution < 1.29 is 9.53 Å². The summed E-state index contributed by atoms with van der Waals surface area (Å²) in [6.45, 7) is 3.80. The quantitative estimate of drug-likeness (QED) is 0.602. The summed E-state index contributed by atoms with van der Waals surface area (Å²) in [6.07, 6.45) is 0. The fourth-order valence-electron chi connectivity index (χ4n) is 0.647. The highest BCUT2D eigenvalue weighted by Gasteiger charge is 2.11. The average molecular weight is 171 g/mol. The molecule has 0 bridgehead atoms. The van der Waals surface area contributed by atoms with Gasteiger partial charge in [-0.05, 0) is 13.8 Å². The topological polar surface area (TPSA) is 39.2 Å². The first-order valence-electron chi connectivity index (χ1n) is 3.17. The van der Waals surface area contributed by atoms with Crippen LogP contribution in [0.3, 0.4) is 0 Å². The predicted octanol–water partition coefficient (Wildman–Crippen LogP) is 1.55. The molecule has 0 spiro atoms. The summed E-state index contributed by atoms with van der Waals surface area (Å²) >= 11 is 1.36. The van der Waals surface area contributed by atoms with Gasteiger partial charge in [-0.15, -0.1) is 11.3 Å². The Hall–Kier alpha value is -0.900. The summed E-state index contributed by atoms with van der Waals surface area (Å²) < 4.78 is 4.51. The Bertz CT molecular complexity index is 260. The predicted molar refractivity (Wildman–Crippen MR) is 42.9 cm³/mol. The molecular weight excluding hydrogens is 162 g/mol. The standard InChI is InChI=1S/C7H9NO2S/c1-4-5(2)11-6(8-4)7(9)10-3/h1-3H3. The fourth-order valence-corrected chi connectivity index (χ4v) is 1.48. The number of carbonyl (C=O) groups is 1. The van der Waals surface area contributed by atoms with Crippen molar-refractivity contribution in [3.63, 3.8) is 0 Å². The monoisotopic (exact) mass is 171 g/mol. The maximum absolute atomic E-state index is 10.9. The fraction of sp³-hybridized carbons (Fsp3) is 0.429. The Morgan fingerprint density at radius 1 is 1.55 bits per heavy atom. The van der Waals surface area contributed by atoms with E-state index in [1.54, 1.807) is 0 Å². The van der Waals surface area contributed by atoms with E-state index in [1.165, 1.54) is 18.4 Å². The van der Waals surface area contributed by atoms with E-state index in [0.29, 0.717) is 5.01 Å². The Balaban J connectivity index is 2.97. The van der Waals surface area contributed by atoms with E-state index in [1.807, 2.05) is 13.8 Å². The van der Waals surface area contributed by atoms with Crippen molar-refractivity contribution in [3.8, 4) is 0 Å². The van der Waals surface area contributed by atoms with Gasteiger partial charge >= 0.3 is 5.97 Å². The number of rotatable bonds is 1. The highest BCUT2D eigenvalue weighted by molar-refractivity contribution is 7.13. The second kappa shape index (κ2) is 3.00. The lowest BCUT2D eigenvalue weighted by Crippen LogP contribution is -1.99. The van der Waals surface area contributed by atoms with Gasteiger partial charge in [0.05, 0.1) is 12.8 Å². The first-order valence-corrected chi connectivity index (χ1v) is 3.99. The molecule has 0 aliphatic rings. The minimum Gasteiger partial charge on any atom is -0.464 e. The van der Waals surface area contributed by atoms with Crippen molar-refractivity contribution in [2.45, 2.75) is 13.8 Å². The number of ether oxygens (including phenoxy) is 1. The van der Waals surface area contributed by atoms with Crippen LogP contribution in [0.5, 0.6) is 0 Å². The number of hydrogen-bond acceptors (Lipinski definition) is 4. The zero-order valence-corrected chi connectivity index (χ0v) is 7.49. The molecule has 0 atom stereocenters. The highest BCUT2D eigenvalue weighted by atomic mass is 32.1. The maximum atomic E-state index is 10.9. The maximum Gasteiger partial charge on any atom is 0.367 e. The second-order valence-corrected chi connectivity index (χ2v) is 3.36. The highest BCUT2D eigenvalue weighted by Crippen LogP contribution is 2.16. The van der Waals surface area contributed by atoms with Gasteiger partial charge in [0.1, 0.15) is 0 Å². The molecule has 3 nitrogen and oxygen atoms in total. The molecule has 0 radical (unpaired) electrons. The van der Waals surface area contributed by atoms with Crippen LogP contribution in [0.2, 0.25) is 0 Å². The minimum atomic E-state index is -0.355. The minimum absolute atomic E-state index is 0.355. The van der Waals surface area contributed by atoms with Crippen LogP contribution in [0.15, 0.2) is 0 Å². The molecule has 1 aromatic rings. The molecule has 0 amide bonds. The number of esters is 1. The van der Waals surface area contributed by atoms with Crippen LogP contribution in [0.25, 0.3) is 0 Å². The van der Waals surface area contributed by atoms with Crippen molar-refractivity contribution in [1.82, 2.24) is 4.98 Å². The van der Waals surface area contributed by atoms with Crippen LogP contribution in [0, 0.1) is 13.8 Å². The van der Waals surface area contributed by atoms with Crippen LogP contribution in [-0.4, -0.2) is 18.1 Å². The molecule has 0 fully saturated rings. The lowest BCUT2D eigenvalue weighted by atomic mass is 10.4. The number of thiazole rings is 1. The zero-order chi connectivity index (χ0) is 8.43. The van der Waals surface area contributed by atoms with E-state index in [-0.39, 0.29) is 5.97 Å². The molecule has 60 valence electrons. The third-order valence-electron chi connectivity index (χ3n) is 1.39. The largest absolute Gasteiger partial charge is 0.464 e. The zero-order valence-electron chi connectivity index (χ0n) is 6.67. The molecule has 1 heterocycles. The first-order chi connectivity index (χ1) is 5.15. The number of aryl methyl sites for hydroxylation is 2. The van der Waals surface area contributed by atoms with E-state index >= 15 is 0 Å². The number of aromatic nitrogens is 1.